The van der Waals surface area contributed by atoms with Crippen LogP contribution in [0.1, 0.15) is 20.9 Å². The normalized spacial score (nSPS) is 14.2. The molecule has 2 heterocycles. The van der Waals surface area contributed by atoms with E-state index >= 15 is 0 Å². The zero-order chi connectivity index (χ0) is 18.5. The minimum absolute atomic E-state index is 0.174. The van der Waals surface area contributed by atoms with E-state index in [0.717, 1.165) is 12.1 Å². The molecule has 2 amide bonds. The largest absolute Gasteiger partial charge is 0.459 e. The van der Waals surface area contributed by atoms with Crippen LogP contribution in [0, 0.1) is 5.82 Å². The first-order valence-corrected chi connectivity index (χ1v) is 8.08. The van der Waals surface area contributed by atoms with Crippen LogP contribution in [0.2, 0.25) is 0 Å². The summed E-state index contributed by atoms with van der Waals surface area (Å²) in [6, 6.07) is 8.11. The number of piperazine rings is 1. The summed E-state index contributed by atoms with van der Waals surface area (Å²) in [5.41, 5.74) is 0.174. The standard InChI is InChI=1S/C18H17FN2O5/c19-14-5-3-13(4-6-14)18(24)26-12-16(22)20-7-9-21(10-8-20)17(23)15-2-1-11-25-15/h1-6,11H,7-10,12H2. The molecule has 1 fully saturated rings. The lowest BCUT2D eigenvalue weighted by Gasteiger charge is -2.34. The zero-order valence-corrected chi connectivity index (χ0v) is 13.9. The maximum absolute atomic E-state index is 12.8. The van der Waals surface area contributed by atoms with Crippen molar-refractivity contribution < 1.29 is 27.9 Å². The van der Waals surface area contributed by atoms with Gasteiger partial charge in [0.25, 0.3) is 11.8 Å². The van der Waals surface area contributed by atoms with Crippen LogP contribution >= 0.6 is 0 Å². The van der Waals surface area contributed by atoms with Gasteiger partial charge >= 0.3 is 5.97 Å². The van der Waals surface area contributed by atoms with Crippen LogP contribution in [0.15, 0.2) is 47.1 Å². The first-order valence-electron chi connectivity index (χ1n) is 8.08. The summed E-state index contributed by atoms with van der Waals surface area (Å²) < 4.78 is 22.9. The van der Waals surface area contributed by atoms with Gasteiger partial charge in [-0.15, -0.1) is 0 Å². The SMILES string of the molecule is O=C(OCC(=O)N1CCN(C(=O)c2ccco2)CC1)c1ccc(F)cc1. The number of halogens is 1. The van der Waals surface area contributed by atoms with Gasteiger partial charge in [-0.05, 0) is 36.4 Å². The highest BCUT2D eigenvalue weighted by atomic mass is 19.1. The third-order valence-electron chi connectivity index (χ3n) is 4.06. The van der Waals surface area contributed by atoms with E-state index in [0.29, 0.717) is 26.2 Å². The molecule has 136 valence electrons. The minimum atomic E-state index is -0.690. The summed E-state index contributed by atoms with van der Waals surface area (Å²) in [7, 11) is 0. The summed E-state index contributed by atoms with van der Waals surface area (Å²) >= 11 is 0. The molecule has 1 aliphatic rings. The molecule has 1 saturated heterocycles. The van der Waals surface area contributed by atoms with Gasteiger partial charge in [-0.25, -0.2) is 9.18 Å². The van der Waals surface area contributed by atoms with Crippen LogP contribution in [-0.4, -0.2) is 60.4 Å². The van der Waals surface area contributed by atoms with Crippen molar-refractivity contribution in [2.24, 2.45) is 0 Å². The lowest BCUT2D eigenvalue weighted by atomic mass is 10.2. The summed E-state index contributed by atoms with van der Waals surface area (Å²) in [5, 5.41) is 0. The van der Waals surface area contributed by atoms with Gasteiger partial charge in [0, 0.05) is 26.2 Å². The van der Waals surface area contributed by atoms with E-state index < -0.39 is 18.4 Å². The second kappa shape index (κ2) is 7.81. The van der Waals surface area contributed by atoms with Crippen molar-refractivity contribution in [3.8, 4) is 0 Å². The molecule has 1 aromatic carbocycles. The van der Waals surface area contributed by atoms with Gasteiger partial charge < -0.3 is 19.0 Å². The molecule has 0 aliphatic carbocycles. The van der Waals surface area contributed by atoms with Crippen LogP contribution < -0.4 is 0 Å². The molecular weight excluding hydrogens is 343 g/mol. The molecule has 3 rings (SSSR count). The minimum Gasteiger partial charge on any atom is -0.459 e. The van der Waals surface area contributed by atoms with Gasteiger partial charge in [-0.3, -0.25) is 9.59 Å². The van der Waals surface area contributed by atoms with Gasteiger partial charge in [0.05, 0.1) is 11.8 Å². The molecule has 7 nitrogen and oxygen atoms in total. The highest BCUT2D eigenvalue weighted by Crippen LogP contribution is 2.10. The van der Waals surface area contributed by atoms with Crippen molar-refractivity contribution in [2.75, 3.05) is 32.8 Å². The Labute approximate surface area is 148 Å². The third-order valence-corrected chi connectivity index (χ3v) is 4.06. The topological polar surface area (TPSA) is 80.1 Å². The Morgan fingerprint density at radius 2 is 1.65 bits per heavy atom. The summed E-state index contributed by atoms with van der Waals surface area (Å²) in [6.07, 6.45) is 1.43. The predicted molar refractivity (Wildman–Crippen MR) is 87.9 cm³/mol. The molecule has 8 heteroatoms. The Morgan fingerprint density at radius 1 is 1.00 bits per heavy atom. The van der Waals surface area contributed by atoms with E-state index in [-0.39, 0.29) is 23.1 Å². The van der Waals surface area contributed by atoms with E-state index in [1.807, 2.05) is 0 Å². The van der Waals surface area contributed by atoms with E-state index in [9.17, 15) is 18.8 Å². The molecule has 0 N–H and O–H groups in total. The highest BCUT2D eigenvalue weighted by Gasteiger charge is 2.26. The van der Waals surface area contributed by atoms with Crippen molar-refractivity contribution in [3.05, 3.63) is 59.8 Å². The monoisotopic (exact) mass is 360 g/mol. The van der Waals surface area contributed by atoms with Gasteiger partial charge in [0.2, 0.25) is 0 Å². The first kappa shape index (κ1) is 17.7. The fourth-order valence-corrected chi connectivity index (χ4v) is 2.60. The predicted octanol–water partition coefficient (Wildman–Crippen LogP) is 1.56. The summed E-state index contributed by atoms with van der Waals surface area (Å²) in [5.74, 6) is -1.45. The molecule has 26 heavy (non-hydrogen) atoms. The van der Waals surface area contributed by atoms with Crippen molar-refractivity contribution in [1.82, 2.24) is 9.80 Å². The third kappa shape index (κ3) is 4.08. The molecule has 0 radical (unpaired) electrons. The summed E-state index contributed by atoms with van der Waals surface area (Å²) in [6.45, 7) is 1.04. The highest BCUT2D eigenvalue weighted by molar-refractivity contribution is 5.92. The number of carbonyl (C=O) groups excluding carboxylic acids is 3. The number of carbonyl (C=O) groups is 3. The lowest BCUT2D eigenvalue weighted by molar-refractivity contribution is -0.136. The smallest absolute Gasteiger partial charge is 0.338 e. The number of hydrogen-bond acceptors (Lipinski definition) is 5. The van der Waals surface area contributed by atoms with Crippen LogP contribution in [0.5, 0.6) is 0 Å². The number of rotatable bonds is 4. The first-order chi connectivity index (χ1) is 12.5. The van der Waals surface area contributed by atoms with Gasteiger partial charge in [0.15, 0.2) is 12.4 Å². The van der Waals surface area contributed by atoms with Crippen molar-refractivity contribution >= 4 is 17.8 Å². The number of benzene rings is 1. The number of esters is 1. The van der Waals surface area contributed by atoms with Gasteiger partial charge in [0.1, 0.15) is 5.82 Å². The van der Waals surface area contributed by atoms with Crippen molar-refractivity contribution in [2.45, 2.75) is 0 Å². The molecule has 0 spiro atoms. The maximum atomic E-state index is 12.8. The Hall–Kier alpha value is -3.16. The Morgan fingerprint density at radius 3 is 2.27 bits per heavy atom. The van der Waals surface area contributed by atoms with Crippen LogP contribution in [0.4, 0.5) is 4.39 Å². The van der Waals surface area contributed by atoms with Gasteiger partial charge in [-0.1, -0.05) is 0 Å². The van der Waals surface area contributed by atoms with Crippen molar-refractivity contribution in [1.29, 1.82) is 0 Å². The summed E-state index contributed by atoms with van der Waals surface area (Å²) in [4.78, 5) is 39.3. The van der Waals surface area contributed by atoms with Crippen LogP contribution in [-0.2, 0) is 9.53 Å². The fourth-order valence-electron chi connectivity index (χ4n) is 2.60. The van der Waals surface area contributed by atoms with Gasteiger partial charge in [-0.2, -0.15) is 0 Å². The lowest BCUT2D eigenvalue weighted by Crippen LogP contribution is -2.51. The number of furan rings is 1. The number of hydrogen-bond donors (Lipinski definition) is 0. The van der Waals surface area contributed by atoms with Crippen LogP contribution in [0.25, 0.3) is 0 Å². The van der Waals surface area contributed by atoms with E-state index in [4.69, 9.17) is 9.15 Å². The number of ether oxygens (including phenoxy) is 1. The second-order valence-electron chi connectivity index (χ2n) is 5.73. The quantitative estimate of drug-likeness (QED) is 0.773. The van der Waals surface area contributed by atoms with E-state index in [2.05, 4.69) is 0 Å². The average Bonchev–Trinajstić information content (AvgIpc) is 3.20. The fraction of sp³-hybridized carbons (Fsp3) is 0.278. The molecule has 0 saturated carbocycles. The zero-order valence-electron chi connectivity index (χ0n) is 13.9. The van der Waals surface area contributed by atoms with Crippen molar-refractivity contribution in [3.63, 3.8) is 0 Å². The second-order valence-corrected chi connectivity index (χ2v) is 5.73. The molecule has 0 unspecified atom stereocenters. The molecule has 1 aliphatic heterocycles. The number of nitrogens with zero attached hydrogens (tertiary/aromatic N) is 2. The van der Waals surface area contributed by atoms with E-state index in [1.54, 1.807) is 17.0 Å². The Kier molecular flexibility index (Phi) is 5.31. The Bertz CT molecular complexity index is 780. The molecule has 2 aromatic rings. The molecule has 0 bridgehead atoms. The maximum Gasteiger partial charge on any atom is 0.338 e. The van der Waals surface area contributed by atoms with E-state index in [1.165, 1.54) is 23.3 Å². The molecular formula is C18H17FN2O5. The van der Waals surface area contributed by atoms with Crippen LogP contribution in [0.3, 0.4) is 0 Å². The average molecular weight is 360 g/mol. The molecule has 0 atom stereocenters. The Balaban J connectivity index is 1.45. The molecule has 1 aromatic heterocycles. The number of amides is 2.